The van der Waals surface area contributed by atoms with E-state index < -0.39 is 5.97 Å². The molecule has 2 N–H and O–H groups in total. The predicted octanol–water partition coefficient (Wildman–Crippen LogP) is 1.68. The van der Waals surface area contributed by atoms with E-state index >= 15 is 0 Å². The molecule has 0 spiro atoms. The lowest BCUT2D eigenvalue weighted by Crippen LogP contribution is -2.40. The van der Waals surface area contributed by atoms with E-state index in [1.54, 1.807) is 12.1 Å². The Labute approximate surface area is 111 Å². The SMILES string of the molecule is CC1(CNC(=O)c2cccc(C(=O)O)c2)CCCO1. The van der Waals surface area contributed by atoms with Gasteiger partial charge in [0.25, 0.3) is 5.91 Å². The fraction of sp³-hybridized carbons (Fsp3) is 0.429. The van der Waals surface area contributed by atoms with Crippen molar-refractivity contribution in [3.63, 3.8) is 0 Å². The maximum atomic E-state index is 12.0. The number of carboxylic acid groups (broad SMARTS) is 1. The number of carboxylic acids is 1. The first kappa shape index (κ1) is 13.5. The van der Waals surface area contributed by atoms with Crippen LogP contribution in [0.1, 0.15) is 40.5 Å². The fourth-order valence-electron chi connectivity index (χ4n) is 2.14. The average molecular weight is 263 g/mol. The van der Waals surface area contributed by atoms with Gasteiger partial charge in [0.15, 0.2) is 0 Å². The van der Waals surface area contributed by atoms with Crippen molar-refractivity contribution in [1.29, 1.82) is 0 Å². The molecule has 5 heteroatoms. The van der Waals surface area contributed by atoms with Gasteiger partial charge < -0.3 is 15.2 Å². The van der Waals surface area contributed by atoms with E-state index in [1.807, 2.05) is 6.92 Å². The van der Waals surface area contributed by atoms with Crippen LogP contribution >= 0.6 is 0 Å². The van der Waals surface area contributed by atoms with Crippen LogP contribution in [0.3, 0.4) is 0 Å². The van der Waals surface area contributed by atoms with Crippen molar-refractivity contribution in [2.75, 3.05) is 13.2 Å². The Morgan fingerprint density at radius 2 is 2.16 bits per heavy atom. The molecule has 1 fully saturated rings. The molecule has 102 valence electrons. The zero-order valence-electron chi connectivity index (χ0n) is 10.8. The minimum Gasteiger partial charge on any atom is -0.478 e. The molecule has 1 heterocycles. The van der Waals surface area contributed by atoms with Gasteiger partial charge in [0.1, 0.15) is 0 Å². The van der Waals surface area contributed by atoms with Gasteiger partial charge in [-0.1, -0.05) is 6.07 Å². The van der Waals surface area contributed by atoms with Crippen LogP contribution in [0.15, 0.2) is 24.3 Å². The van der Waals surface area contributed by atoms with Crippen molar-refractivity contribution in [1.82, 2.24) is 5.32 Å². The van der Waals surface area contributed by atoms with Crippen LogP contribution in [0.4, 0.5) is 0 Å². The van der Waals surface area contributed by atoms with Crippen molar-refractivity contribution in [2.45, 2.75) is 25.4 Å². The summed E-state index contributed by atoms with van der Waals surface area (Å²) < 4.78 is 5.58. The summed E-state index contributed by atoms with van der Waals surface area (Å²) in [6.07, 6.45) is 1.92. The Morgan fingerprint density at radius 1 is 1.42 bits per heavy atom. The van der Waals surface area contributed by atoms with Crippen LogP contribution in [0, 0.1) is 0 Å². The summed E-state index contributed by atoms with van der Waals surface area (Å²) in [5, 5.41) is 11.7. The van der Waals surface area contributed by atoms with Crippen LogP contribution < -0.4 is 5.32 Å². The van der Waals surface area contributed by atoms with Crippen molar-refractivity contribution in [2.24, 2.45) is 0 Å². The van der Waals surface area contributed by atoms with Crippen molar-refractivity contribution in [3.05, 3.63) is 35.4 Å². The zero-order chi connectivity index (χ0) is 13.9. The van der Waals surface area contributed by atoms with Crippen molar-refractivity contribution in [3.8, 4) is 0 Å². The molecule has 2 rings (SSSR count). The number of carbonyl (C=O) groups is 2. The highest BCUT2D eigenvalue weighted by Gasteiger charge is 2.30. The van der Waals surface area contributed by atoms with Gasteiger partial charge in [0.05, 0.1) is 11.2 Å². The summed E-state index contributed by atoms with van der Waals surface area (Å²) in [7, 11) is 0. The van der Waals surface area contributed by atoms with E-state index in [0.717, 1.165) is 19.4 Å². The fourth-order valence-corrected chi connectivity index (χ4v) is 2.14. The van der Waals surface area contributed by atoms with Crippen molar-refractivity contribution >= 4 is 11.9 Å². The van der Waals surface area contributed by atoms with Crippen molar-refractivity contribution < 1.29 is 19.4 Å². The number of ether oxygens (including phenoxy) is 1. The molecule has 1 unspecified atom stereocenters. The summed E-state index contributed by atoms with van der Waals surface area (Å²) in [5.74, 6) is -1.32. The van der Waals surface area contributed by atoms with E-state index in [2.05, 4.69) is 5.32 Å². The molecule has 0 aliphatic carbocycles. The summed E-state index contributed by atoms with van der Waals surface area (Å²) in [5.41, 5.74) is 0.151. The molecule has 0 bridgehead atoms. The number of hydrogen-bond donors (Lipinski definition) is 2. The number of nitrogens with one attached hydrogen (secondary N) is 1. The molecule has 1 aliphatic heterocycles. The molecule has 0 radical (unpaired) electrons. The third-order valence-corrected chi connectivity index (χ3v) is 3.30. The number of carbonyl (C=O) groups excluding carboxylic acids is 1. The second-order valence-corrected chi connectivity index (χ2v) is 4.97. The molecule has 5 nitrogen and oxygen atoms in total. The Balaban J connectivity index is 1.99. The highest BCUT2D eigenvalue weighted by atomic mass is 16.5. The Hall–Kier alpha value is -1.88. The molecule has 1 aromatic carbocycles. The highest BCUT2D eigenvalue weighted by Crippen LogP contribution is 2.23. The quantitative estimate of drug-likeness (QED) is 0.866. The third-order valence-electron chi connectivity index (χ3n) is 3.30. The Kier molecular flexibility index (Phi) is 3.85. The number of amides is 1. The minimum atomic E-state index is -1.04. The maximum Gasteiger partial charge on any atom is 0.335 e. The Morgan fingerprint density at radius 3 is 2.79 bits per heavy atom. The molecule has 19 heavy (non-hydrogen) atoms. The molecular weight excluding hydrogens is 246 g/mol. The third kappa shape index (κ3) is 3.32. The first-order valence-electron chi connectivity index (χ1n) is 6.26. The number of benzene rings is 1. The average Bonchev–Trinajstić information content (AvgIpc) is 2.83. The van der Waals surface area contributed by atoms with Crippen LogP contribution in [0.5, 0.6) is 0 Å². The molecule has 1 atom stereocenters. The topological polar surface area (TPSA) is 75.6 Å². The lowest BCUT2D eigenvalue weighted by Gasteiger charge is -2.23. The van der Waals surface area contributed by atoms with Crippen LogP contribution in [-0.2, 0) is 4.74 Å². The van der Waals surface area contributed by atoms with Crippen LogP contribution in [0.2, 0.25) is 0 Å². The number of hydrogen-bond acceptors (Lipinski definition) is 3. The van der Waals surface area contributed by atoms with E-state index in [-0.39, 0.29) is 17.1 Å². The summed E-state index contributed by atoms with van der Waals surface area (Å²) >= 11 is 0. The first-order chi connectivity index (χ1) is 9.00. The van der Waals surface area contributed by atoms with Gasteiger partial charge in [0, 0.05) is 18.7 Å². The molecule has 1 aliphatic rings. The molecule has 1 amide bonds. The zero-order valence-corrected chi connectivity index (χ0v) is 10.8. The number of aromatic carboxylic acids is 1. The van der Waals surface area contributed by atoms with E-state index in [4.69, 9.17) is 9.84 Å². The van der Waals surface area contributed by atoms with E-state index in [9.17, 15) is 9.59 Å². The first-order valence-corrected chi connectivity index (χ1v) is 6.26. The van der Waals surface area contributed by atoms with E-state index in [0.29, 0.717) is 12.1 Å². The van der Waals surface area contributed by atoms with Crippen LogP contribution in [-0.4, -0.2) is 35.7 Å². The predicted molar refractivity (Wildman–Crippen MR) is 69.3 cm³/mol. The van der Waals surface area contributed by atoms with Gasteiger partial charge in [-0.25, -0.2) is 4.79 Å². The van der Waals surface area contributed by atoms with Gasteiger partial charge in [0.2, 0.25) is 0 Å². The maximum absolute atomic E-state index is 12.0. The lowest BCUT2D eigenvalue weighted by atomic mass is 10.0. The van der Waals surface area contributed by atoms with Gasteiger partial charge in [-0.05, 0) is 38.0 Å². The normalized spacial score (nSPS) is 22.2. The van der Waals surface area contributed by atoms with Gasteiger partial charge >= 0.3 is 5.97 Å². The largest absolute Gasteiger partial charge is 0.478 e. The number of rotatable bonds is 4. The summed E-state index contributed by atoms with van der Waals surface area (Å²) in [4.78, 5) is 22.8. The van der Waals surface area contributed by atoms with Gasteiger partial charge in [-0.15, -0.1) is 0 Å². The monoisotopic (exact) mass is 263 g/mol. The van der Waals surface area contributed by atoms with Crippen LogP contribution in [0.25, 0.3) is 0 Å². The smallest absolute Gasteiger partial charge is 0.335 e. The molecule has 0 aromatic heterocycles. The van der Waals surface area contributed by atoms with Gasteiger partial charge in [-0.2, -0.15) is 0 Å². The summed E-state index contributed by atoms with van der Waals surface area (Å²) in [6, 6.07) is 5.99. The molecule has 1 aromatic rings. The molecule has 1 saturated heterocycles. The second-order valence-electron chi connectivity index (χ2n) is 4.97. The van der Waals surface area contributed by atoms with Gasteiger partial charge in [-0.3, -0.25) is 4.79 Å². The second kappa shape index (κ2) is 5.40. The Bertz CT molecular complexity index is 492. The molecular formula is C14H17NO4. The lowest BCUT2D eigenvalue weighted by molar-refractivity contribution is 0.0206. The minimum absolute atomic E-state index is 0.107. The highest BCUT2D eigenvalue weighted by molar-refractivity contribution is 5.97. The molecule has 0 saturated carbocycles. The van der Waals surface area contributed by atoms with E-state index in [1.165, 1.54) is 12.1 Å². The summed E-state index contributed by atoms with van der Waals surface area (Å²) in [6.45, 7) is 3.12. The standard InChI is InChI=1S/C14H17NO4/c1-14(6-3-7-19-14)9-15-12(16)10-4-2-5-11(8-10)13(17)18/h2,4-5,8H,3,6-7,9H2,1H3,(H,15,16)(H,17,18).